The molecule has 1 fully saturated rings. The minimum atomic E-state index is -0.0413. The fourth-order valence-electron chi connectivity index (χ4n) is 2.89. The molecule has 4 rings (SSSR count). The van der Waals surface area contributed by atoms with Crippen LogP contribution in [0.15, 0.2) is 28.8 Å². The Hall–Kier alpha value is -2.90. The van der Waals surface area contributed by atoms with E-state index >= 15 is 0 Å². The Morgan fingerprint density at radius 2 is 2.21 bits per heavy atom. The van der Waals surface area contributed by atoms with Crippen molar-refractivity contribution in [1.29, 1.82) is 0 Å². The Morgan fingerprint density at radius 3 is 3.00 bits per heavy atom. The number of anilines is 1. The molecule has 8 nitrogen and oxygen atoms in total. The molecule has 8 heteroatoms. The van der Waals surface area contributed by atoms with E-state index in [4.69, 9.17) is 4.42 Å². The molecule has 0 unspecified atom stereocenters. The molecule has 0 radical (unpaired) electrons. The first kappa shape index (κ1) is 14.7. The van der Waals surface area contributed by atoms with Gasteiger partial charge in [-0.3, -0.25) is 9.89 Å². The van der Waals surface area contributed by atoms with Crippen molar-refractivity contribution < 1.29 is 9.21 Å². The second kappa shape index (κ2) is 5.95. The molecular weight excluding hydrogens is 308 g/mol. The Balaban J connectivity index is 1.48. The number of aromatic amines is 1. The summed E-state index contributed by atoms with van der Waals surface area (Å²) < 4.78 is 5.78. The van der Waals surface area contributed by atoms with Gasteiger partial charge in [0.25, 0.3) is 11.9 Å². The molecule has 3 aromatic heterocycles. The zero-order valence-corrected chi connectivity index (χ0v) is 13.4. The highest BCUT2D eigenvalue weighted by molar-refractivity contribution is 5.92. The largest absolute Gasteiger partial charge is 0.422 e. The number of hydrogen-bond acceptors (Lipinski definition) is 6. The van der Waals surface area contributed by atoms with E-state index in [0.717, 1.165) is 18.7 Å². The maximum atomic E-state index is 12.5. The van der Waals surface area contributed by atoms with E-state index in [0.29, 0.717) is 42.6 Å². The monoisotopic (exact) mass is 326 g/mol. The number of pyridine rings is 1. The van der Waals surface area contributed by atoms with Gasteiger partial charge in [-0.15, -0.1) is 0 Å². The summed E-state index contributed by atoms with van der Waals surface area (Å²) in [5.74, 6) is -0.0413. The predicted molar refractivity (Wildman–Crippen MR) is 87.9 cm³/mol. The molecule has 0 atom stereocenters. The third kappa shape index (κ3) is 2.70. The Kier molecular flexibility index (Phi) is 3.64. The quantitative estimate of drug-likeness (QED) is 0.769. The van der Waals surface area contributed by atoms with Crippen molar-refractivity contribution in [1.82, 2.24) is 25.1 Å². The number of rotatable bonds is 2. The topological polar surface area (TPSA) is 91.2 Å². The van der Waals surface area contributed by atoms with Crippen LogP contribution in [0.4, 0.5) is 6.01 Å². The fourth-order valence-corrected chi connectivity index (χ4v) is 2.89. The Bertz CT molecular complexity index is 837. The molecule has 1 N–H and O–H groups in total. The molecule has 24 heavy (non-hydrogen) atoms. The number of aryl methyl sites for hydroxylation is 1. The molecule has 0 bridgehead atoms. The maximum absolute atomic E-state index is 12.5. The predicted octanol–water partition coefficient (Wildman–Crippen LogP) is 1.61. The normalized spacial score (nSPS) is 15.7. The van der Waals surface area contributed by atoms with Gasteiger partial charge < -0.3 is 14.2 Å². The van der Waals surface area contributed by atoms with E-state index in [-0.39, 0.29) is 5.91 Å². The number of carbonyl (C=O) groups excluding carboxylic acids is 1. The van der Waals surface area contributed by atoms with Crippen LogP contribution in [-0.2, 0) is 0 Å². The molecule has 1 saturated heterocycles. The van der Waals surface area contributed by atoms with Gasteiger partial charge in [-0.1, -0.05) is 0 Å². The van der Waals surface area contributed by atoms with Crippen molar-refractivity contribution in [2.24, 2.45) is 0 Å². The number of aromatic nitrogens is 4. The SMILES string of the molecule is Cc1cc(C(=O)N2CCCN(c3nc4ncccc4o3)CC2)n[nH]1. The van der Waals surface area contributed by atoms with E-state index in [1.165, 1.54) is 0 Å². The van der Waals surface area contributed by atoms with Crippen LogP contribution < -0.4 is 4.90 Å². The van der Waals surface area contributed by atoms with Crippen LogP contribution in [0.5, 0.6) is 0 Å². The molecule has 124 valence electrons. The third-order valence-electron chi connectivity index (χ3n) is 4.13. The Labute approximate surface area is 138 Å². The van der Waals surface area contributed by atoms with Crippen molar-refractivity contribution >= 4 is 23.2 Å². The first-order valence-electron chi connectivity index (χ1n) is 7.98. The van der Waals surface area contributed by atoms with Crippen molar-refractivity contribution in [3.8, 4) is 0 Å². The smallest absolute Gasteiger partial charge is 0.300 e. The van der Waals surface area contributed by atoms with Gasteiger partial charge in [-0.25, -0.2) is 4.98 Å². The molecule has 0 aromatic carbocycles. The average Bonchev–Trinajstić information content (AvgIpc) is 3.13. The first-order valence-corrected chi connectivity index (χ1v) is 7.98. The van der Waals surface area contributed by atoms with Crippen molar-refractivity contribution in [3.05, 3.63) is 35.8 Å². The lowest BCUT2D eigenvalue weighted by molar-refractivity contribution is 0.0761. The highest BCUT2D eigenvalue weighted by Gasteiger charge is 2.24. The molecule has 0 aliphatic carbocycles. The minimum Gasteiger partial charge on any atom is -0.422 e. The summed E-state index contributed by atoms with van der Waals surface area (Å²) in [4.78, 5) is 25.1. The van der Waals surface area contributed by atoms with Gasteiger partial charge in [0.1, 0.15) is 5.69 Å². The third-order valence-corrected chi connectivity index (χ3v) is 4.13. The standard InChI is InChI=1S/C16H18N6O2/c1-11-10-12(20-19-11)15(23)21-6-3-7-22(9-8-21)16-18-14-13(24-16)4-2-5-17-14/h2,4-5,10H,3,6-9H2,1H3,(H,19,20). The van der Waals surface area contributed by atoms with Crippen LogP contribution in [0.25, 0.3) is 11.2 Å². The fraction of sp³-hybridized carbons (Fsp3) is 0.375. The summed E-state index contributed by atoms with van der Waals surface area (Å²) in [5.41, 5.74) is 2.63. The lowest BCUT2D eigenvalue weighted by atomic mass is 10.3. The second-order valence-electron chi connectivity index (χ2n) is 5.89. The van der Waals surface area contributed by atoms with E-state index in [1.807, 2.05) is 24.0 Å². The summed E-state index contributed by atoms with van der Waals surface area (Å²) in [7, 11) is 0. The van der Waals surface area contributed by atoms with Gasteiger partial charge >= 0.3 is 0 Å². The highest BCUT2D eigenvalue weighted by Crippen LogP contribution is 2.21. The molecule has 1 aliphatic rings. The molecular formula is C16H18N6O2. The maximum Gasteiger partial charge on any atom is 0.300 e. The molecule has 0 spiro atoms. The van der Waals surface area contributed by atoms with Crippen LogP contribution in [0, 0.1) is 6.92 Å². The number of oxazole rings is 1. The molecule has 0 saturated carbocycles. The number of amides is 1. The summed E-state index contributed by atoms with van der Waals surface area (Å²) in [5, 5.41) is 6.87. The molecule has 1 amide bonds. The number of nitrogens with zero attached hydrogens (tertiary/aromatic N) is 5. The summed E-state index contributed by atoms with van der Waals surface area (Å²) in [6, 6.07) is 6.02. The zero-order valence-electron chi connectivity index (χ0n) is 13.4. The summed E-state index contributed by atoms with van der Waals surface area (Å²) in [6.07, 6.45) is 2.55. The zero-order chi connectivity index (χ0) is 16.5. The van der Waals surface area contributed by atoms with E-state index in [9.17, 15) is 4.79 Å². The van der Waals surface area contributed by atoms with Crippen molar-refractivity contribution in [3.63, 3.8) is 0 Å². The van der Waals surface area contributed by atoms with Gasteiger partial charge in [0.2, 0.25) is 5.65 Å². The van der Waals surface area contributed by atoms with E-state index < -0.39 is 0 Å². The van der Waals surface area contributed by atoms with Crippen molar-refractivity contribution in [2.45, 2.75) is 13.3 Å². The lowest BCUT2D eigenvalue weighted by Crippen LogP contribution is -2.35. The lowest BCUT2D eigenvalue weighted by Gasteiger charge is -2.20. The van der Waals surface area contributed by atoms with Gasteiger partial charge in [0.05, 0.1) is 0 Å². The van der Waals surface area contributed by atoms with Crippen molar-refractivity contribution in [2.75, 3.05) is 31.1 Å². The van der Waals surface area contributed by atoms with Crippen LogP contribution in [-0.4, -0.2) is 57.2 Å². The minimum absolute atomic E-state index is 0.0413. The number of H-pyrrole nitrogens is 1. The van der Waals surface area contributed by atoms with Crippen LogP contribution in [0.2, 0.25) is 0 Å². The van der Waals surface area contributed by atoms with Gasteiger partial charge in [-0.2, -0.15) is 10.1 Å². The molecule has 3 aromatic rings. The van der Waals surface area contributed by atoms with Gasteiger partial charge in [-0.05, 0) is 31.5 Å². The number of hydrogen-bond donors (Lipinski definition) is 1. The highest BCUT2D eigenvalue weighted by atomic mass is 16.4. The van der Waals surface area contributed by atoms with Gasteiger partial charge in [0.15, 0.2) is 5.58 Å². The number of fused-ring (bicyclic) bond motifs is 1. The summed E-state index contributed by atoms with van der Waals surface area (Å²) in [6.45, 7) is 4.64. The number of carbonyl (C=O) groups is 1. The average molecular weight is 326 g/mol. The van der Waals surface area contributed by atoms with Crippen LogP contribution in [0.1, 0.15) is 22.6 Å². The van der Waals surface area contributed by atoms with Crippen LogP contribution >= 0.6 is 0 Å². The first-order chi connectivity index (χ1) is 11.7. The van der Waals surface area contributed by atoms with E-state index in [2.05, 4.69) is 25.1 Å². The second-order valence-corrected chi connectivity index (χ2v) is 5.89. The van der Waals surface area contributed by atoms with Gasteiger partial charge in [0, 0.05) is 38.1 Å². The molecule has 1 aliphatic heterocycles. The van der Waals surface area contributed by atoms with E-state index in [1.54, 1.807) is 12.3 Å². The Morgan fingerprint density at radius 1 is 1.29 bits per heavy atom. The summed E-state index contributed by atoms with van der Waals surface area (Å²) >= 11 is 0. The molecule has 4 heterocycles. The number of nitrogens with one attached hydrogen (secondary N) is 1. The van der Waals surface area contributed by atoms with Crippen LogP contribution in [0.3, 0.4) is 0 Å².